The molecule has 120 valence electrons. The first-order valence-corrected chi connectivity index (χ1v) is 7.09. The number of aryl methyl sites for hydroxylation is 1. The lowest BCUT2D eigenvalue weighted by atomic mass is 9.80. The Labute approximate surface area is 128 Å². The highest BCUT2D eigenvalue weighted by Crippen LogP contribution is 2.30. The molecule has 1 aromatic heterocycles. The van der Waals surface area contributed by atoms with Crippen LogP contribution in [0.25, 0.3) is 0 Å². The molecule has 1 aliphatic heterocycles. The Hall–Kier alpha value is -2.15. The van der Waals surface area contributed by atoms with E-state index in [1.54, 1.807) is 19.1 Å². The van der Waals surface area contributed by atoms with Crippen molar-refractivity contribution >= 4 is 11.9 Å². The van der Waals surface area contributed by atoms with E-state index >= 15 is 0 Å². The maximum Gasteiger partial charge on any atom is 0.311 e. The normalized spacial score (nSPS) is 16.8. The third-order valence-electron chi connectivity index (χ3n) is 3.93. The summed E-state index contributed by atoms with van der Waals surface area (Å²) >= 11 is 0. The topological polar surface area (TPSA) is 97.8 Å². The molecule has 22 heavy (non-hydrogen) atoms. The van der Waals surface area contributed by atoms with Crippen molar-refractivity contribution in [2.24, 2.45) is 5.41 Å². The van der Waals surface area contributed by atoms with Gasteiger partial charge in [-0.3, -0.25) is 9.59 Å². The van der Waals surface area contributed by atoms with Crippen molar-refractivity contribution < 1.29 is 24.2 Å². The predicted octanol–water partition coefficient (Wildman–Crippen LogP) is 1.01. The second kappa shape index (κ2) is 6.74. The van der Waals surface area contributed by atoms with Gasteiger partial charge in [-0.15, -0.1) is 0 Å². The second-order valence-corrected chi connectivity index (χ2v) is 5.39. The van der Waals surface area contributed by atoms with Crippen molar-refractivity contribution in [1.29, 1.82) is 0 Å². The highest BCUT2D eigenvalue weighted by Gasteiger charge is 2.40. The van der Waals surface area contributed by atoms with E-state index in [4.69, 9.17) is 9.47 Å². The van der Waals surface area contributed by atoms with Crippen LogP contribution in [0.5, 0.6) is 5.88 Å². The van der Waals surface area contributed by atoms with Crippen LogP contribution in [0.3, 0.4) is 0 Å². The number of hydrogen-bond donors (Lipinski definition) is 2. The van der Waals surface area contributed by atoms with Crippen LogP contribution in [0.4, 0.5) is 0 Å². The van der Waals surface area contributed by atoms with E-state index in [2.05, 4.69) is 10.3 Å². The van der Waals surface area contributed by atoms with Gasteiger partial charge in [0.2, 0.25) is 5.88 Å². The summed E-state index contributed by atoms with van der Waals surface area (Å²) in [6.07, 6.45) is 0.762. The molecule has 0 radical (unpaired) electrons. The third kappa shape index (κ3) is 3.36. The van der Waals surface area contributed by atoms with Crippen LogP contribution in [-0.4, -0.2) is 48.8 Å². The number of carbonyl (C=O) groups excluding carboxylic acids is 1. The lowest BCUT2D eigenvalue weighted by Crippen LogP contribution is -2.46. The van der Waals surface area contributed by atoms with Crippen LogP contribution in [0.1, 0.15) is 28.9 Å². The van der Waals surface area contributed by atoms with Gasteiger partial charge in [-0.25, -0.2) is 4.98 Å². The number of ether oxygens (including phenoxy) is 2. The maximum absolute atomic E-state index is 12.3. The molecule has 1 saturated heterocycles. The third-order valence-corrected chi connectivity index (χ3v) is 3.93. The molecule has 2 heterocycles. The quantitative estimate of drug-likeness (QED) is 0.842. The molecule has 2 N–H and O–H groups in total. The average molecular weight is 308 g/mol. The SMILES string of the molecule is COc1nc(C)ccc1C(=O)NCC1(C(=O)O)CCOCC1. The van der Waals surface area contributed by atoms with Crippen LogP contribution in [0.15, 0.2) is 12.1 Å². The molecule has 0 aromatic carbocycles. The molecule has 0 spiro atoms. The summed E-state index contributed by atoms with van der Waals surface area (Å²) in [5.74, 6) is -1.07. The van der Waals surface area contributed by atoms with E-state index in [1.165, 1.54) is 7.11 Å². The fraction of sp³-hybridized carbons (Fsp3) is 0.533. The average Bonchev–Trinajstić information content (AvgIpc) is 2.53. The van der Waals surface area contributed by atoms with Gasteiger partial charge in [-0.2, -0.15) is 0 Å². The molecule has 1 aliphatic rings. The minimum atomic E-state index is -0.973. The van der Waals surface area contributed by atoms with E-state index < -0.39 is 17.3 Å². The van der Waals surface area contributed by atoms with E-state index in [0.29, 0.717) is 31.6 Å². The molecule has 7 nitrogen and oxygen atoms in total. The van der Waals surface area contributed by atoms with Crippen molar-refractivity contribution in [2.45, 2.75) is 19.8 Å². The molecule has 1 fully saturated rings. The Morgan fingerprint density at radius 2 is 2.09 bits per heavy atom. The predicted molar refractivity (Wildman–Crippen MR) is 78.0 cm³/mol. The van der Waals surface area contributed by atoms with Gasteiger partial charge in [0, 0.05) is 25.5 Å². The van der Waals surface area contributed by atoms with E-state index in [1.807, 2.05) is 0 Å². The molecule has 0 atom stereocenters. The summed E-state index contributed by atoms with van der Waals surface area (Å²) in [6, 6.07) is 3.33. The number of amides is 1. The van der Waals surface area contributed by atoms with Crippen molar-refractivity contribution in [2.75, 3.05) is 26.9 Å². The summed E-state index contributed by atoms with van der Waals surface area (Å²) in [4.78, 5) is 28.0. The molecular formula is C15H20N2O5. The van der Waals surface area contributed by atoms with Crippen LogP contribution >= 0.6 is 0 Å². The number of nitrogens with one attached hydrogen (secondary N) is 1. The lowest BCUT2D eigenvalue weighted by molar-refractivity contribution is -0.154. The Morgan fingerprint density at radius 1 is 1.41 bits per heavy atom. The monoisotopic (exact) mass is 308 g/mol. The standard InChI is InChI=1S/C15H20N2O5/c1-10-3-4-11(13(17-10)21-2)12(18)16-9-15(14(19)20)5-7-22-8-6-15/h3-4H,5-9H2,1-2H3,(H,16,18)(H,19,20). The fourth-order valence-corrected chi connectivity index (χ4v) is 2.43. The molecule has 7 heteroatoms. The van der Waals surface area contributed by atoms with Crippen LogP contribution in [0.2, 0.25) is 0 Å². The molecule has 1 aromatic rings. The van der Waals surface area contributed by atoms with E-state index in [9.17, 15) is 14.7 Å². The van der Waals surface area contributed by atoms with E-state index in [0.717, 1.165) is 5.69 Å². The first kappa shape index (κ1) is 16.2. The zero-order chi connectivity index (χ0) is 16.2. The zero-order valence-corrected chi connectivity index (χ0v) is 12.7. The fourth-order valence-electron chi connectivity index (χ4n) is 2.43. The van der Waals surface area contributed by atoms with Crippen LogP contribution < -0.4 is 10.1 Å². The van der Waals surface area contributed by atoms with Crippen LogP contribution in [0, 0.1) is 12.3 Å². The Morgan fingerprint density at radius 3 is 2.68 bits per heavy atom. The van der Waals surface area contributed by atoms with Crippen molar-refractivity contribution in [3.63, 3.8) is 0 Å². The van der Waals surface area contributed by atoms with Crippen LogP contribution in [-0.2, 0) is 9.53 Å². The molecule has 0 unspecified atom stereocenters. The van der Waals surface area contributed by atoms with Crippen molar-refractivity contribution in [3.8, 4) is 5.88 Å². The van der Waals surface area contributed by atoms with Gasteiger partial charge in [0.05, 0.1) is 12.5 Å². The minimum Gasteiger partial charge on any atom is -0.481 e. The summed E-state index contributed by atoms with van der Waals surface area (Å²) in [5.41, 5.74) is 0.0553. The first-order chi connectivity index (χ1) is 10.5. The Kier molecular flexibility index (Phi) is 4.97. The smallest absolute Gasteiger partial charge is 0.311 e. The summed E-state index contributed by atoms with van der Waals surface area (Å²) in [5, 5.41) is 12.2. The molecule has 1 amide bonds. The molecular weight excluding hydrogens is 288 g/mol. The molecule has 0 aliphatic carbocycles. The van der Waals surface area contributed by atoms with Gasteiger partial charge in [0.1, 0.15) is 5.56 Å². The van der Waals surface area contributed by atoms with E-state index in [-0.39, 0.29) is 12.4 Å². The number of pyridine rings is 1. The molecule has 0 saturated carbocycles. The Balaban J connectivity index is 2.10. The van der Waals surface area contributed by atoms with Gasteiger partial charge < -0.3 is 19.9 Å². The lowest BCUT2D eigenvalue weighted by Gasteiger charge is -2.33. The van der Waals surface area contributed by atoms with Gasteiger partial charge in [-0.05, 0) is 31.9 Å². The highest BCUT2D eigenvalue weighted by atomic mass is 16.5. The number of methoxy groups -OCH3 is 1. The Bertz CT molecular complexity index is 567. The zero-order valence-electron chi connectivity index (χ0n) is 12.7. The van der Waals surface area contributed by atoms with Gasteiger partial charge >= 0.3 is 5.97 Å². The first-order valence-electron chi connectivity index (χ1n) is 7.09. The van der Waals surface area contributed by atoms with Crippen molar-refractivity contribution in [1.82, 2.24) is 10.3 Å². The van der Waals surface area contributed by atoms with Gasteiger partial charge in [0.15, 0.2) is 0 Å². The minimum absolute atomic E-state index is 0.0571. The number of rotatable bonds is 5. The number of carbonyl (C=O) groups is 2. The maximum atomic E-state index is 12.3. The largest absolute Gasteiger partial charge is 0.481 e. The molecule has 2 rings (SSSR count). The summed E-state index contributed by atoms with van der Waals surface area (Å²) in [7, 11) is 1.44. The highest BCUT2D eigenvalue weighted by molar-refractivity contribution is 5.96. The van der Waals surface area contributed by atoms with Gasteiger partial charge in [0.25, 0.3) is 5.91 Å². The molecule has 0 bridgehead atoms. The number of carboxylic acids is 1. The summed E-state index contributed by atoms with van der Waals surface area (Å²) in [6.45, 7) is 2.63. The number of hydrogen-bond acceptors (Lipinski definition) is 5. The number of aromatic nitrogens is 1. The van der Waals surface area contributed by atoms with Gasteiger partial charge in [-0.1, -0.05) is 0 Å². The summed E-state index contributed by atoms with van der Waals surface area (Å²) < 4.78 is 10.3. The second-order valence-electron chi connectivity index (χ2n) is 5.39. The number of nitrogens with zero attached hydrogens (tertiary/aromatic N) is 1. The van der Waals surface area contributed by atoms with Crippen molar-refractivity contribution in [3.05, 3.63) is 23.4 Å². The number of aliphatic carboxylic acids is 1. The number of carboxylic acid groups (broad SMARTS) is 1.